The second-order valence-corrected chi connectivity index (χ2v) is 3.65. The average Bonchev–Trinajstić information content (AvgIpc) is 2.31. The largest absolute Gasteiger partial charge is 0.348 e. The number of hydrogen-bond donors (Lipinski definition) is 2. The van der Waals surface area contributed by atoms with E-state index >= 15 is 0 Å². The quantitative estimate of drug-likeness (QED) is 0.619. The predicted molar refractivity (Wildman–Crippen MR) is 60.8 cm³/mol. The van der Waals surface area contributed by atoms with Gasteiger partial charge in [-0.15, -0.1) is 0 Å². The number of hydrogen-bond acceptors (Lipinski definition) is 4. The van der Waals surface area contributed by atoms with Crippen molar-refractivity contribution >= 4 is 17.5 Å². The predicted octanol–water partition coefficient (Wildman–Crippen LogP) is 0.168. The van der Waals surface area contributed by atoms with Crippen LogP contribution in [0.4, 0.5) is 0 Å². The molecule has 0 aliphatic carbocycles. The molecule has 0 heterocycles. The molecular weight excluding hydrogens is 208 g/mol. The van der Waals surface area contributed by atoms with E-state index in [-0.39, 0.29) is 24.0 Å². The maximum Gasteiger partial charge on any atom is 0.237 e. The molecule has 0 spiro atoms. The highest BCUT2D eigenvalue weighted by atomic mass is 16.2. The van der Waals surface area contributed by atoms with Crippen LogP contribution >= 0.6 is 0 Å². The molecule has 0 fully saturated rings. The Hall–Kier alpha value is -1.23. The number of carbonyl (C=O) groups is 3. The normalized spacial score (nSPS) is 11.9. The summed E-state index contributed by atoms with van der Waals surface area (Å²) in [6, 6.07) is -0.708. The van der Waals surface area contributed by atoms with Gasteiger partial charge in [0.25, 0.3) is 0 Å². The average molecular weight is 228 g/mol. The van der Waals surface area contributed by atoms with Crippen LogP contribution in [0.15, 0.2) is 0 Å². The van der Waals surface area contributed by atoms with Crippen LogP contribution in [0.2, 0.25) is 0 Å². The van der Waals surface area contributed by atoms with Crippen molar-refractivity contribution in [3.05, 3.63) is 0 Å². The van der Waals surface area contributed by atoms with Gasteiger partial charge in [0.2, 0.25) is 5.91 Å². The Balaban J connectivity index is 3.81. The number of nitrogens with two attached hydrogens (primary N) is 1. The third-order valence-corrected chi connectivity index (χ3v) is 2.32. The number of ketones is 2. The highest BCUT2D eigenvalue weighted by Crippen LogP contribution is 1.98. The minimum atomic E-state index is -0.708. The highest BCUT2D eigenvalue weighted by molar-refractivity contribution is 5.88. The maximum atomic E-state index is 11.4. The Labute approximate surface area is 95.8 Å². The van der Waals surface area contributed by atoms with Gasteiger partial charge >= 0.3 is 0 Å². The molecule has 0 aromatic heterocycles. The van der Waals surface area contributed by atoms with Gasteiger partial charge in [-0.1, -0.05) is 13.8 Å². The van der Waals surface area contributed by atoms with Crippen molar-refractivity contribution in [1.82, 2.24) is 5.32 Å². The highest BCUT2D eigenvalue weighted by Gasteiger charge is 2.14. The fraction of sp³-hybridized carbons (Fsp3) is 0.727. The van der Waals surface area contributed by atoms with Gasteiger partial charge in [0.05, 0.1) is 12.6 Å². The zero-order valence-corrected chi connectivity index (χ0v) is 9.91. The molecule has 5 nitrogen and oxygen atoms in total. The molecule has 0 saturated carbocycles. The van der Waals surface area contributed by atoms with Crippen molar-refractivity contribution in [2.24, 2.45) is 5.73 Å². The van der Waals surface area contributed by atoms with Gasteiger partial charge in [0.15, 0.2) is 5.78 Å². The first-order valence-corrected chi connectivity index (χ1v) is 5.57. The van der Waals surface area contributed by atoms with Crippen molar-refractivity contribution in [3.63, 3.8) is 0 Å². The Morgan fingerprint density at radius 1 is 1.12 bits per heavy atom. The van der Waals surface area contributed by atoms with Gasteiger partial charge in [-0.2, -0.15) is 0 Å². The third-order valence-electron chi connectivity index (χ3n) is 2.32. The summed E-state index contributed by atoms with van der Waals surface area (Å²) in [5.41, 5.74) is 5.57. The standard InChI is InChI=1S/C11H20N2O3/c1-3-8(14)5-6-10(12)11(16)13-7-9(15)4-2/h10H,3-7,12H2,1-2H3,(H,13,16). The molecule has 92 valence electrons. The second-order valence-electron chi connectivity index (χ2n) is 3.65. The molecule has 1 unspecified atom stereocenters. The van der Waals surface area contributed by atoms with Crippen LogP contribution in [0.1, 0.15) is 39.5 Å². The van der Waals surface area contributed by atoms with Crippen LogP contribution in [0.5, 0.6) is 0 Å². The van der Waals surface area contributed by atoms with Crippen LogP contribution in [-0.4, -0.2) is 30.1 Å². The van der Waals surface area contributed by atoms with Crippen molar-refractivity contribution in [2.45, 2.75) is 45.6 Å². The number of nitrogens with one attached hydrogen (secondary N) is 1. The monoisotopic (exact) mass is 228 g/mol. The molecule has 0 radical (unpaired) electrons. The number of amides is 1. The molecule has 0 rings (SSSR count). The van der Waals surface area contributed by atoms with Gasteiger partial charge < -0.3 is 11.1 Å². The lowest BCUT2D eigenvalue weighted by atomic mass is 10.1. The summed E-state index contributed by atoms with van der Waals surface area (Å²) in [6.07, 6.45) is 1.50. The van der Waals surface area contributed by atoms with E-state index < -0.39 is 6.04 Å². The Bertz CT molecular complexity index is 264. The van der Waals surface area contributed by atoms with Gasteiger partial charge in [-0.25, -0.2) is 0 Å². The minimum Gasteiger partial charge on any atom is -0.348 e. The fourth-order valence-corrected chi connectivity index (χ4v) is 1.07. The lowest BCUT2D eigenvalue weighted by molar-refractivity contribution is -0.126. The van der Waals surface area contributed by atoms with Crippen LogP contribution in [0.3, 0.4) is 0 Å². The van der Waals surface area contributed by atoms with E-state index in [1.807, 2.05) is 0 Å². The Morgan fingerprint density at radius 3 is 2.19 bits per heavy atom. The topological polar surface area (TPSA) is 89.3 Å². The SMILES string of the molecule is CCC(=O)CCC(N)C(=O)NCC(=O)CC. The zero-order chi connectivity index (χ0) is 12.6. The van der Waals surface area contributed by atoms with Crippen molar-refractivity contribution in [1.29, 1.82) is 0 Å². The van der Waals surface area contributed by atoms with E-state index in [9.17, 15) is 14.4 Å². The lowest BCUT2D eigenvalue weighted by Gasteiger charge is -2.10. The molecule has 1 amide bonds. The summed E-state index contributed by atoms with van der Waals surface area (Å²) in [5.74, 6) is -0.316. The van der Waals surface area contributed by atoms with Crippen molar-refractivity contribution in [2.75, 3.05) is 6.54 Å². The smallest absolute Gasteiger partial charge is 0.237 e. The van der Waals surface area contributed by atoms with Crippen molar-refractivity contribution < 1.29 is 14.4 Å². The van der Waals surface area contributed by atoms with Gasteiger partial charge in [0.1, 0.15) is 5.78 Å². The molecule has 0 saturated heterocycles. The molecular formula is C11H20N2O3. The van der Waals surface area contributed by atoms with Crippen LogP contribution in [0, 0.1) is 0 Å². The minimum absolute atomic E-state index is 0.0186. The van der Waals surface area contributed by atoms with Crippen LogP contribution in [-0.2, 0) is 14.4 Å². The Kier molecular flexibility index (Phi) is 7.37. The number of rotatable bonds is 8. The van der Waals surface area contributed by atoms with Crippen LogP contribution < -0.4 is 11.1 Å². The van der Waals surface area contributed by atoms with Gasteiger partial charge in [-0.05, 0) is 6.42 Å². The fourth-order valence-electron chi connectivity index (χ4n) is 1.07. The first kappa shape index (κ1) is 14.8. The molecule has 1 atom stereocenters. The molecule has 3 N–H and O–H groups in total. The zero-order valence-electron chi connectivity index (χ0n) is 9.91. The molecule has 0 aliphatic heterocycles. The van der Waals surface area contributed by atoms with Crippen LogP contribution in [0.25, 0.3) is 0 Å². The second kappa shape index (κ2) is 7.98. The summed E-state index contributed by atoms with van der Waals surface area (Å²) in [6.45, 7) is 3.52. The number of carbonyl (C=O) groups excluding carboxylic acids is 3. The first-order valence-electron chi connectivity index (χ1n) is 5.57. The molecule has 0 bridgehead atoms. The van der Waals surface area contributed by atoms with E-state index in [1.54, 1.807) is 13.8 Å². The van der Waals surface area contributed by atoms with Gasteiger partial charge in [-0.3, -0.25) is 14.4 Å². The summed E-state index contributed by atoms with van der Waals surface area (Å²) >= 11 is 0. The molecule has 0 aromatic carbocycles. The van der Waals surface area contributed by atoms with Crippen molar-refractivity contribution in [3.8, 4) is 0 Å². The summed E-state index contributed by atoms with van der Waals surface area (Å²) in [7, 11) is 0. The molecule has 16 heavy (non-hydrogen) atoms. The molecule has 0 aliphatic rings. The first-order chi connectivity index (χ1) is 7.51. The van der Waals surface area contributed by atoms with E-state index in [0.29, 0.717) is 25.7 Å². The Morgan fingerprint density at radius 2 is 1.69 bits per heavy atom. The molecule has 0 aromatic rings. The lowest BCUT2D eigenvalue weighted by Crippen LogP contribution is -2.42. The summed E-state index contributed by atoms with van der Waals surface area (Å²) in [5, 5.41) is 2.45. The third kappa shape index (κ3) is 6.29. The van der Waals surface area contributed by atoms with Gasteiger partial charge in [0, 0.05) is 19.3 Å². The summed E-state index contributed by atoms with van der Waals surface area (Å²) in [4.78, 5) is 33.3. The van der Waals surface area contributed by atoms with E-state index in [4.69, 9.17) is 5.73 Å². The van der Waals surface area contributed by atoms with E-state index in [2.05, 4.69) is 5.32 Å². The van der Waals surface area contributed by atoms with E-state index in [1.165, 1.54) is 0 Å². The van der Waals surface area contributed by atoms with E-state index in [0.717, 1.165) is 0 Å². The molecule has 5 heteroatoms. The maximum absolute atomic E-state index is 11.4. The summed E-state index contributed by atoms with van der Waals surface area (Å²) < 4.78 is 0. The number of Topliss-reactive ketones (excluding diaryl/α,β-unsaturated/α-hetero) is 2.